The second-order valence-corrected chi connectivity index (χ2v) is 7.42. The molecule has 1 aliphatic heterocycles. The Morgan fingerprint density at radius 3 is 2.59 bits per heavy atom. The van der Waals surface area contributed by atoms with Gasteiger partial charge in [0.15, 0.2) is 0 Å². The van der Waals surface area contributed by atoms with Gasteiger partial charge in [-0.3, -0.25) is 4.79 Å². The Morgan fingerprint density at radius 1 is 1.15 bits per heavy atom. The van der Waals surface area contributed by atoms with Gasteiger partial charge in [-0.05, 0) is 31.7 Å². The molecule has 0 unspecified atom stereocenters. The van der Waals surface area contributed by atoms with Crippen LogP contribution in [0, 0.1) is 12.8 Å². The van der Waals surface area contributed by atoms with E-state index < -0.39 is 0 Å². The molecule has 2 aromatic rings. The predicted molar refractivity (Wildman–Crippen MR) is 110 cm³/mol. The third-order valence-corrected chi connectivity index (χ3v) is 5.18. The summed E-state index contributed by atoms with van der Waals surface area (Å²) in [5, 5.41) is 3.09. The van der Waals surface area contributed by atoms with E-state index in [1.807, 2.05) is 12.4 Å². The number of carbonyl (C=O) groups excluding carboxylic acids is 1. The number of nitrogens with zero attached hydrogens (tertiary/aromatic N) is 3. The highest BCUT2D eigenvalue weighted by Gasteiger charge is 2.26. The quantitative estimate of drug-likeness (QED) is 0.753. The highest BCUT2D eigenvalue weighted by molar-refractivity contribution is 5.79. The van der Waals surface area contributed by atoms with Gasteiger partial charge in [-0.25, -0.2) is 9.97 Å². The molecule has 0 spiro atoms. The summed E-state index contributed by atoms with van der Waals surface area (Å²) in [6, 6.07) is 8.37. The molecule has 0 aliphatic carbocycles. The second kappa shape index (κ2) is 9.49. The molecule has 1 aromatic carbocycles. The van der Waals surface area contributed by atoms with Crippen molar-refractivity contribution in [1.29, 1.82) is 0 Å². The molecule has 5 nitrogen and oxygen atoms in total. The highest BCUT2D eigenvalue weighted by Crippen LogP contribution is 2.23. The standard InChI is InChI=1S/C22H30N4O/c1-3-4-5-12-23-21(27)19-7-6-13-26(16-19)22-24-14-20(15-25-22)18-10-8-17(2)9-11-18/h8-11,14-15,19H,3-7,12-13,16H2,1-2H3,(H,23,27)/t19-/m0/s1. The number of unbranched alkanes of at least 4 members (excludes halogenated alkanes) is 2. The third kappa shape index (κ3) is 5.28. The monoisotopic (exact) mass is 366 g/mol. The summed E-state index contributed by atoms with van der Waals surface area (Å²) in [6.45, 7) is 6.64. The fourth-order valence-electron chi connectivity index (χ4n) is 3.48. The third-order valence-electron chi connectivity index (χ3n) is 5.18. The molecule has 1 amide bonds. The summed E-state index contributed by atoms with van der Waals surface area (Å²) in [7, 11) is 0. The Labute approximate surface area is 162 Å². The molecule has 1 saturated heterocycles. The lowest BCUT2D eigenvalue weighted by Crippen LogP contribution is -2.43. The summed E-state index contributed by atoms with van der Waals surface area (Å²) in [4.78, 5) is 23.7. The number of aromatic nitrogens is 2. The van der Waals surface area contributed by atoms with Crippen molar-refractivity contribution in [2.24, 2.45) is 5.92 Å². The Balaban J connectivity index is 1.59. The van der Waals surface area contributed by atoms with Gasteiger partial charge in [0.05, 0.1) is 5.92 Å². The Kier molecular flexibility index (Phi) is 6.80. The zero-order chi connectivity index (χ0) is 19.1. The molecule has 3 rings (SSSR count). The molecule has 1 N–H and O–H groups in total. The maximum Gasteiger partial charge on any atom is 0.225 e. The van der Waals surface area contributed by atoms with Crippen molar-refractivity contribution in [2.75, 3.05) is 24.5 Å². The van der Waals surface area contributed by atoms with Gasteiger partial charge in [-0.1, -0.05) is 49.6 Å². The highest BCUT2D eigenvalue weighted by atomic mass is 16.1. The van der Waals surface area contributed by atoms with Gasteiger partial charge >= 0.3 is 0 Å². The molecular weight excluding hydrogens is 336 g/mol. The average molecular weight is 367 g/mol. The Bertz CT molecular complexity index is 727. The maximum absolute atomic E-state index is 12.4. The van der Waals surface area contributed by atoms with Crippen molar-refractivity contribution in [3.8, 4) is 11.1 Å². The zero-order valence-electron chi connectivity index (χ0n) is 16.4. The number of rotatable bonds is 7. The lowest BCUT2D eigenvalue weighted by Gasteiger charge is -2.32. The van der Waals surface area contributed by atoms with Crippen LogP contribution in [0.1, 0.15) is 44.6 Å². The normalized spacial score (nSPS) is 17.0. The Morgan fingerprint density at radius 2 is 1.89 bits per heavy atom. The molecule has 5 heteroatoms. The minimum Gasteiger partial charge on any atom is -0.356 e. The Hall–Kier alpha value is -2.43. The number of carbonyl (C=O) groups is 1. The van der Waals surface area contributed by atoms with E-state index in [1.54, 1.807) is 0 Å². The number of benzene rings is 1. The first-order valence-corrected chi connectivity index (χ1v) is 10.1. The number of hydrogen-bond donors (Lipinski definition) is 1. The van der Waals surface area contributed by atoms with Gasteiger partial charge in [0.25, 0.3) is 0 Å². The molecule has 0 saturated carbocycles. The fourth-order valence-corrected chi connectivity index (χ4v) is 3.48. The molecule has 144 valence electrons. The summed E-state index contributed by atoms with van der Waals surface area (Å²) < 4.78 is 0. The van der Waals surface area contributed by atoms with E-state index in [4.69, 9.17) is 0 Å². The zero-order valence-corrected chi connectivity index (χ0v) is 16.4. The largest absolute Gasteiger partial charge is 0.356 e. The van der Waals surface area contributed by atoms with Crippen LogP contribution in [0.5, 0.6) is 0 Å². The molecule has 0 radical (unpaired) electrons. The first-order chi connectivity index (χ1) is 13.2. The van der Waals surface area contributed by atoms with Crippen LogP contribution < -0.4 is 10.2 Å². The minimum absolute atomic E-state index is 0.0285. The van der Waals surface area contributed by atoms with E-state index in [9.17, 15) is 4.79 Å². The van der Waals surface area contributed by atoms with Crippen molar-refractivity contribution in [2.45, 2.75) is 46.0 Å². The van der Waals surface area contributed by atoms with Crippen LogP contribution in [0.3, 0.4) is 0 Å². The minimum atomic E-state index is 0.0285. The number of hydrogen-bond acceptors (Lipinski definition) is 4. The fraction of sp³-hybridized carbons (Fsp3) is 0.500. The topological polar surface area (TPSA) is 58.1 Å². The summed E-state index contributed by atoms with van der Waals surface area (Å²) in [5.74, 6) is 0.919. The summed E-state index contributed by atoms with van der Waals surface area (Å²) in [6.07, 6.45) is 9.08. The molecule has 1 aliphatic rings. The first kappa shape index (κ1) is 19.3. The van der Waals surface area contributed by atoms with E-state index in [-0.39, 0.29) is 11.8 Å². The van der Waals surface area contributed by atoms with Crippen LogP contribution >= 0.6 is 0 Å². The van der Waals surface area contributed by atoms with Crippen LogP contribution in [-0.4, -0.2) is 35.5 Å². The average Bonchev–Trinajstić information content (AvgIpc) is 2.72. The van der Waals surface area contributed by atoms with Gasteiger partial charge in [0, 0.05) is 37.6 Å². The van der Waals surface area contributed by atoms with Gasteiger partial charge in [-0.2, -0.15) is 0 Å². The van der Waals surface area contributed by atoms with Gasteiger partial charge in [0.2, 0.25) is 11.9 Å². The lowest BCUT2D eigenvalue weighted by molar-refractivity contribution is -0.125. The lowest BCUT2D eigenvalue weighted by atomic mass is 9.97. The van der Waals surface area contributed by atoms with E-state index >= 15 is 0 Å². The smallest absolute Gasteiger partial charge is 0.225 e. The maximum atomic E-state index is 12.4. The molecule has 27 heavy (non-hydrogen) atoms. The van der Waals surface area contributed by atoms with Crippen LogP contribution in [0.2, 0.25) is 0 Å². The number of nitrogens with one attached hydrogen (secondary N) is 1. The second-order valence-electron chi connectivity index (χ2n) is 7.42. The van der Waals surface area contributed by atoms with Crippen molar-refractivity contribution in [1.82, 2.24) is 15.3 Å². The van der Waals surface area contributed by atoms with E-state index in [0.29, 0.717) is 12.5 Å². The number of anilines is 1. The van der Waals surface area contributed by atoms with Gasteiger partial charge in [0.1, 0.15) is 0 Å². The van der Waals surface area contributed by atoms with Gasteiger partial charge in [-0.15, -0.1) is 0 Å². The number of piperidine rings is 1. The van der Waals surface area contributed by atoms with Crippen molar-refractivity contribution < 1.29 is 4.79 Å². The predicted octanol–water partition coefficient (Wildman–Crippen LogP) is 3.97. The van der Waals surface area contributed by atoms with E-state index in [1.165, 1.54) is 12.0 Å². The molecule has 1 aromatic heterocycles. The summed E-state index contributed by atoms with van der Waals surface area (Å²) >= 11 is 0. The van der Waals surface area contributed by atoms with Crippen molar-refractivity contribution in [3.63, 3.8) is 0 Å². The van der Waals surface area contributed by atoms with E-state index in [2.05, 4.69) is 58.3 Å². The SMILES string of the molecule is CCCCCNC(=O)[C@H]1CCCN(c2ncc(-c3ccc(C)cc3)cn2)C1. The van der Waals surface area contributed by atoms with Crippen molar-refractivity contribution in [3.05, 3.63) is 42.2 Å². The van der Waals surface area contributed by atoms with Crippen LogP contribution in [-0.2, 0) is 4.79 Å². The number of amides is 1. The van der Waals surface area contributed by atoms with Crippen LogP contribution in [0.4, 0.5) is 5.95 Å². The van der Waals surface area contributed by atoms with Gasteiger partial charge < -0.3 is 10.2 Å². The van der Waals surface area contributed by atoms with E-state index in [0.717, 1.165) is 49.9 Å². The summed E-state index contributed by atoms with van der Waals surface area (Å²) in [5.41, 5.74) is 3.37. The molecule has 0 bridgehead atoms. The first-order valence-electron chi connectivity index (χ1n) is 10.1. The van der Waals surface area contributed by atoms with Crippen molar-refractivity contribution >= 4 is 11.9 Å². The molecule has 2 heterocycles. The molecule has 1 fully saturated rings. The molecule has 1 atom stereocenters. The van der Waals surface area contributed by atoms with Crippen LogP contribution in [0.25, 0.3) is 11.1 Å². The molecular formula is C22H30N4O. The van der Waals surface area contributed by atoms with Crippen LogP contribution in [0.15, 0.2) is 36.7 Å². The number of aryl methyl sites for hydroxylation is 1.